The van der Waals surface area contributed by atoms with Crippen LogP contribution < -0.4 is 0 Å². The van der Waals surface area contributed by atoms with E-state index < -0.39 is 6.09 Å². The van der Waals surface area contributed by atoms with Crippen LogP contribution in [0.2, 0.25) is 0 Å². The van der Waals surface area contributed by atoms with Crippen molar-refractivity contribution in [1.29, 1.82) is 0 Å². The van der Waals surface area contributed by atoms with E-state index in [0.717, 1.165) is 12.8 Å². The number of carbonyl (C=O) groups is 2. The van der Waals surface area contributed by atoms with Gasteiger partial charge in [-0.1, -0.05) is 6.07 Å². The summed E-state index contributed by atoms with van der Waals surface area (Å²) < 4.78 is 0. The van der Waals surface area contributed by atoms with E-state index in [-0.39, 0.29) is 18.2 Å². The van der Waals surface area contributed by atoms with Gasteiger partial charge in [-0.25, -0.2) is 4.79 Å². The summed E-state index contributed by atoms with van der Waals surface area (Å²) in [5, 5.41) is 8.91. The zero-order chi connectivity index (χ0) is 12.3. The maximum atomic E-state index is 12.1. The van der Waals surface area contributed by atoms with Crippen LogP contribution in [0.1, 0.15) is 23.3 Å². The Hall–Kier alpha value is -1.91. The molecule has 1 amide bonds. The fourth-order valence-corrected chi connectivity index (χ4v) is 2.08. The molecule has 0 radical (unpaired) electrons. The molecule has 1 atom stereocenters. The van der Waals surface area contributed by atoms with Crippen LogP contribution >= 0.6 is 0 Å². The molecule has 0 aliphatic carbocycles. The van der Waals surface area contributed by atoms with E-state index >= 15 is 0 Å². The van der Waals surface area contributed by atoms with Crippen molar-refractivity contribution in [2.45, 2.75) is 12.8 Å². The van der Waals surface area contributed by atoms with Crippen LogP contribution in [0, 0.1) is 5.92 Å². The van der Waals surface area contributed by atoms with Crippen LogP contribution in [0.4, 0.5) is 4.79 Å². The second kappa shape index (κ2) is 4.95. The van der Waals surface area contributed by atoms with Gasteiger partial charge in [0, 0.05) is 25.2 Å². The van der Waals surface area contributed by atoms with Gasteiger partial charge in [-0.15, -0.1) is 0 Å². The Bertz CT molecular complexity index is 419. The average molecular weight is 234 g/mol. The predicted molar refractivity (Wildman–Crippen MR) is 60.9 cm³/mol. The van der Waals surface area contributed by atoms with Gasteiger partial charge in [-0.3, -0.25) is 9.78 Å². The van der Waals surface area contributed by atoms with E-state index in [1.807, 2.05) is 0 Å². The van der Waals surface area contributed by atoms with E-state index in [1.165, 1.54) is 4.90 Å². The molecule has 2 heterocycles. The number of amides is 1. The molecule has 2 rings (SSSR count). The number of likely N-dealkylation sites (tertiary alicyclic amines) is 1. The number of piperidine rings is 1. The van der Waals surface area contributed by atoms with Crippen molar-refractivity contribution in [2.24, 2.45) is 5.92 Å². The first-order chi connectivity index (χ1) is 8.18. The average Bonchev–Trinajstić information content (AvgIpc) is 2.39. The highest BCUT2D eigenvalue weighted by Gasteiger charge is 2.29. The van der Waals surface area contributed by atoms with Crippen molar-refractivity contribution in [3.05, 3.63) is 30.1 Å². The molecule has 5 nitrogen and oxygen atoms in total. The van der Waals surface area contributed by atoms with Gasteiger partial charge in [0.05, 0.1) is 0 Å². The first kappa shape index (κ1) is 11.6. The number of hydrogen-bond acceptors (Lipinski definition) is 3. The van der Waals surface area contributed by atoms with E-state index in [0.29, 0.717) is 12.2 Å². The van der Waals surface area contributed by atoms with Crippen molar-refractivity contribution >= 4 is 11.9 Å². The summed E-state index contributed by atoms with van der Waals surface area (Å²) in [7, 11) is 0. The number of ketones is 1. The summed E-state index contributed by atoms with van der Waals surface area (Å²) in [4.78, 5) is 28.3. The molecule has 17 heavy (non-hydrogen) atoms. The number of Topliss-reactive ketones (excluding diaryl/α,β-unsaturated/α-hetero) is 1. The van der Waals surface area contributed by atoms with Crippen LogP contribution in [0.5, 0.6) is 0 Å². The second-order valence-electron chi connectivity index (χ2n) is 4.15. The monoisotopic (exact) mass is 234 g/mol. The summed E-state index contributed by atoms with van der Waals surface area (Å²) in [5.74, 6) is -0.314. The summed E-state index contributed by atoms with van der Waals surface area (Å²) >= 11 is 0. The van der Waals surface area contributed by atoms with Gasteiger partial charge in [0.25, 0.3) is 0 Å². The Morgan fingerprint density at radius 1 is 1.41 bits per heavy atom. The Morgan fingerprint density at radius 2 is 2.24 bits per heavy atom. The molecule has 1 aliphatic rings. The second-order valence-corrected chi connectivity index (χ2v) is 4.15. The number of carbonyl (C=O) groups excluding carboxylic acids is 1. The van der Waals surface area contributed by atoms with E-state index in [9.17, 15) is 9.59 Å². The minimum atomic E-state index is -0.955. The molecule has 1 aromatic rings. The third kappa shape index (κ3) is 2.61. The normalized spacial score (nSPS) is 20.0. The predicted octanol–water partition coefficient (Wildman–Crippen LogP) is 1.65. The Morgan fingerprint density at radius 3 is 2.88 bits per heavy atom. The number of hydrogen-bond donors (Lipinski definition) is 1. The molecule has 1 saturated heterocycles. The molecule has 1 aliphatic heterocycles. The molecule has 0 spiro atoms. The lowest BCUT2D eigenvalue weighted by Gasteiger charge is -2.29. The summed E-state index contributed by atoms with van der Waals surface area (Å²) in [6, 6.07) is 5.18. The molecular formula is C12H14N2O3. The van der Waals surface area contributed by atoms with Gasteiger partial charge in [0.15, 0.2) is 5.78 Å². The van der Waals surface area contributed by atoms with Crippen molar-refractivity contribution in [1.82, 2.24) is 9.88 Å². The smallest absolute Gasteiger partial charge is 0.407 e. The minimum absolute atomic E-state index is 0.0587. The number of nitrogens with zero attached hydrogens (tertiary/aromatic N) is 2. The minimum Gasteiger partial charge on any atom is -0.465 e. The Kier molecular flexibility index (Phi) is 3.37. The quantitative estimate of drug-likeness (QED) is 0.790. The number of aromatic nitrogens is 1. The third-order valence-corrected chi connectivity index (χ3v) is 2.98. The van der Waals surface area contributed by atoms with E-state index in [4.69, 9.17) is 5.11 Å². The zero-order valence-electron chi connectivity index (χ0n) is 9.37. The Labute approximate surface area is 99.1 Å². The van der Waals surface area contributed by atoms with Gasteiger partial charge in [0.2, 0.25) is 0 Å². The maximum Gasteiger partial charge on any atom is 0.407 e. The highest BCUT2D eigenvalue weighted by atomic mass is 16.4. The lowest BCUT2D eigenvalue weighted by molar-refractivity contribution is 0.0802. The summed E-state index contributed by atoms with van der Waals surface area (Å²) in [5.41, 5.74) is 0.421. The van der Waals surface area contributed by atoms with Crippen molar-refractivity contribution in [2.75, 3.05) is 13.1 Å². The van der Waals surface area contributed by atoms with Crippen LogP contribution in [0.15, 0.2) is 24.4 Å². The topological polar surface area (TPSA) is 70.5 Å². The molecule has 0 unspecified atom stereocenters. The zero-order valence-corrected chi connectivity index (χ0v) is 9.37. The van der Waals surface area contributed by atoms with Gasteiger partial charge < -0.3 is 10.0 Å². The first-order valence-corrected chi connectivity index (χ1v) is 5.61. The number of carboxylic acid groups (broad SMARTS) is 1. The largest absolute Gasteiger partial charge is 0.465 e. The van der Waals surface area contributed by atoms with Gasteiger partial charge >= 0.3 is 6.09 Å². The molecule has 0 bridgehead atoms. The molecule has 0 saturated carbocycles. The molecule has 90 valence electrons. The maximum absolute atomic E-state index is 12.1. The summed E-state index contributed by atoms with van der Waals surface area (Å²) in [6.45, 7) is 0.798. The van der Waals surface area contributed by atoms with Crippen LogP contribution in [0.25, 0.3) is 0 Å². The Balaban J connectivity index is 2.07. The van der Waals surface area contributed by atoms with Gasteiger partial charge in [-0.2, -0.15) is 0 Å². The van der Waals surface area contributed by atoms with E-state index in [1.54, 1.807) is 24.4 Å². The highest BCUT2D eigenvalue weighted by Crippen LogP contribution is 2.20. The van der Waals surface area contributed by atoms with Crippen LogP contribution in [0.3, 0.4) is 0 Å². The molecule has 1 fully saturated rings. The lowest BCUT2D eigenvalue weighted by Crippen LogP contribution is -2.41. The fourth-order valence-electron chi connectivity index (χ4n) is 2.08. The third-order valence-electron chi connectivity index (χ3n) is 2.98. The number of pyridine rings is 1. The van der Waals surface area contributed by atoms with Crippen molar-refractivity contribution < 1.29 is 14.7 Å². The SMILES string of the molecule is O=C(c1ccccn1)[C@H]1CCCN(C(=O)O)C1. The van der Waals surface area contributed by atoms with Gasteiger partial charge in [-0.05, 0) is 25.0 Å². The van der Waals surface area contributed by atoms with Crippen LogP contribution in [-0.4, -0.2) is 40.0 Å². The molecule has 5 heteroatoms. The molecule has 0 aromatic carbocycles. The molecular weight excluding hydrogens is 220 g/mol. The lowest BCUT2D eigenvalue weighted by atomic mass is 9.92. The fraction of sp³-hybridized carbons (Fsp3) is 0.417. The van der Waals surface area contributed by atoms with E-state index in [2.05, 4.69) is 4.98 Å². The number of rotatable bonds is 2. The first-order valence-electron chi connectivity index (χ1n) is 5.61. The molecule has 1 aromatic heterocycles. The van der Waals surface area contributed by atoms with Crippen LogP contribution in [-0.2, 0) is 0 Å². The van der Waals surface area contributed by atoms with Crippen molar-refractivity contribution in [3.63, 3.8) is 0 Å². The highest BCUT2D eigenvalue weighted by molar-refractivity contribution is 5.96. The summed E-state index contributed by atoms with van der Waals surface area (Å²) in [6.07, 6.45) is 2.09. The molecule has 1 N–H and O–H groups in total. The van der Waals surface area contributed by atoms with Crippen molar-refractivity contribution in [3.8, 4) is 0 Å². The standard InChI is InChI=1S/C12H14N2O3/c15-11(10-5-1-2-6-13-10)9-4-3-7-14(8-9)12(16)17/h1-2,5-6,9H,3-4,7-8H2,(H,16,17)/t9-/m0/s1. The van der Waals surface area contributed by atoms with Gasteiger partial charge in [0.1, 0.15) is 5.69 Å².